The SMILES string of the molecule is COc1cc(/C=C2\OC(F)(F)CN3C2=NO[C@H]3CO)ccc1N1C=C(C)N=CC1. The quantitative estimate of drug-likeness (QED) is 0.827. The van der Waals surface area contributed by atoms with Gasteiger partial charge in [0.25, 0.3) is 0 Å². The molecule has 0 bridgehead atoms. The summed E-state index contributed by atoms with van der Waals surface area (Å²) in [5.74, 6) is 0.535. The Balaban J connectivity index is 1.66. The Labute approximate surface area is 166 Å². The Kier molecular flexibility index (Phi) is 4.87. The van der Waals surface area contributed by atoms with E-state index in [2.05, 4.69) is 10.1 Å². The van der Waals surface area contributed by atoms with Gasteiger partial charge in [-0.25, -0.2) is 0 Å². The molecule has 1 fully saturated rings. The van der Waals surface area contributed by atoms with Gasteiger partial charge in [0, 0.05) is 12.4 Å². The minimum Gasteiger partial charge on any atom is -0.495 e. The van der Waals surface area contributed by atoms with E-state index in [1.807, 2.05) is 24.1 Å². The molecule has 29 heavy (non-hydrogen) atoms. The number of amidine groups is 1. The topological polar surface area (TPSA) is 79.1 Å². The molecule has 3 heterocycles. The largest absolute Gasteiger partial charge is 0.495 e. The van der Waals surface area contributed by atoms with Crippen LogP contribution in [0.25, 0.3) is 6.08 Å². The summed E-state index contributed by atoms with van der Waals surface area (Å²) in [5, 5.41) is 13.1. The van der Waals surface area contributed by atoms with Crippen LogP contribution in [-0.2, 0) is 9.57 Å². The summed E-state index contributed by atoms with van der Waals surface area (Å²) in [6.45, 7) is 1.27. The van der Waals surface area contributed by atoms with Crippen LogP contribution in [-0.4, -0.2) is 61.2 Å². The van der Waals surface area contributed by atoms with Crippen LogP contribution in [0.4, 0.5) is 14.5 Å². The Morgan fingerprint density at radius 3 is 2.97 bits per heavy atom. The molecule has 8 nitrogen and oxygen atoms in total. The van der Waals surface area contributed by atoms with Crippen molar-refractivity contribution in [1.82, 2.24) is 4.90 Å². The average molecular weight is 406 g/mol. The number of nitrogens with zero attached hydrogens (tertiary/aromatic N) is 4. The molecule has 1 atom stereocenters. The molecule has 4 rings (SSSR count). The van der Waals surface area contributed by atoms with Crippen LogP contribution in [0.3, 0.4) is 0 Å². The molecule has 1 N–H and O–H groups in total. The van der Waals surface area contributed by atoms with Gasteiger partial charge in [-0.3, -0.25) is 4.99 Å². The van der Waals surface area contributed by atoms with E-state index in [9.17, 15) is 13.9 Å². The molecule has 1 saturated heterocycles. The van der Waals surface area contributed by atoms with E-state index in [4.69, 9.17) is 14.3 Å². The summed E-state index contributed by atoms with van der Waals surface area (Å²) in [6.07, 6.45) is 0.736. The molecule has 1 aromatic carbocycles. The van der Waals surface area contributed by atoms with Crippen molar-refractivity contribution in [3.63, 3.8) is 0 Å². The number of methoxy groups -OCH3 is 1. The highest BCUT2D eigenvalue weighted by atomic mass is 19.3. The predicted octanol–water partition coefficient (Wildman–Crippen LogP) is 2.38. The van der Waals surface area contributed by atoms with Crippen molar-refractivity contribution >= 4 is 23.8 Å². The minimum absolute atomic E-state index is 0.115. The highest BCUT2D eigenvalue weighted by Gasteiger charge is 2.48. The maximum atomic E-state index is 14.0. The van der Waals surface area contributed by atoms with E-state index < -0.39 is 25.5 Å². The van der Waals surface area contributed by atoms with E-state index >= 15 is 0 Å². The van der Waals surface area contributed by atoms with E-state index in [-0.39, 0.29) is 11.6 Å². The number of alkyl halides is 2. The molecule has 0 radical (unpaired) electrons. The van der Waals surface area contributed by atoms with Gasteiger partial charge >= 0.3 is 6.11 Å². The molecule has 3 aliphatic rings. The van der Waals surface area contributed by atoms with Crippen LogP contribution in [0.2, 0.25) is 0 Å². The fraction of sp³-hybridized carbons (Fsp3) is 0.368. The summed E-state index contributed by atoms with van der Waals surface area (Å²) >= 11 is 0. The third-order valence-electron chi connectivity index (χ3n) is 4.60. The van der Waals surface area contributed by atoms with Gasteiger partial charge in [0.1, 0.15) is 18.9 Å². The van der Waals surface area contributed by atoms with E-state index in [1.165, 1.54) is 18.1 Å². The number of aliphatic hydroxyl groups excluding tert-OH is 1. The number of rotatable bonds is 4. The van der Waals surface area contributed by atoms with Crippen molar-refractivity contribution in [2.45, 2.75) is 19.3 Å². The lowest BCUT2D eigenvalue weighted by Crippen LogP contribution is -2.51. The number of benzene rings is 1. The average Bonchev–Trinajstić information content (AvgIpc) is 3.09. The maximum Gasteiger partial charge on any atom is 0.416 e. The van der Waals surface area contributed by atoms with Crippen molar-refractivity contribution in [2.75, 3.05) is 31.7 Å². The van der Waals surface area contributed by atoms with Gasteiger partial charge in [-0.05, 0) is 30.7 Å². The molecule has 1 aromatic rings. The van der Waals surface area contributed by atoms with Crippen molar-refractivity contribution in [3.05, 3.63) is 41.4 Å². The van der Waals surface area contributed by atoms with Crippen LogP contribution < -0.4 is 9.64 Å². The smallest absolute Gasteiger partial charge is 0.416 e. The zero-order valence-corrected chi connectivity index (χ0v) is 15.9. The highest BCUT2D eigenvalue weighted by molar-refractivity contribution is 6.01. The van der Waals surface area contributed by atoms with Crippen molar-refractivity contribution in [3.8, 4) is 5.75 Å². The molecular formula is C19H20F2N4O4. The van der Waals surface area contributed by atoms with Gasteiger partial charge in [0.2, 0.25) is 12.1 Å². The Hall–Kier alpha value is -3.14. The van der Waals surface area contributed by atoms with Crippen LogP contribution in [0.5, 0.6) is 5.75 Å². The molecule has 3 aliphatic heterocycles. The molecule has 0 spiro atoms. The van der Waals surface area contributed by atoms with E-state index in [0.29, 0.717) is 17.9 Å². The van der Waals surface area contributed by atoms with Crippen molar-refractivity contribution < 1.29 is 28.2 Å². The lowest BCUT2D eigenvalue weighted by Gasteiger charge is -2.34. The first-order valence-corrected chi connectivity index (χ1v) is 8.96. The number of oxime groups is 1. The molecule has 154 valence electrons. The standard InChI is InChI=1S/C19H20F2N4O4/c1-12-9-24(6-5-22-12)14-4-3-13(7-15(14)27-2)8-16-18-23-29-17(10-26)25(18)11-19(20,21)28-16/h3-5,7-9,17,26H,6,10-11H2,1-2H3/b16-8-/t17-/m0/s1. The molecule has 0 unspecified atom stereocenters. The normalized spacial score (nSPS) is 23.9. The second-order valence-corrected chi connectivity index (χ2v) is 6.70. The number of morpholine rings is 1. The first-order chi connectivity index (χ1) is 13.9. The summed E-state index contributed by atoms with van der Waals surface area (Å²) in [7, 11) is 1.54. The van der Waals surface area contributed by atoms with Crippen LogP contribution >= 0.6 is 0 Å². The van der Waals surface area contributed by atoms with E-state index in [0.717, 1.165) is 11.4 Å². The first kappa shape index (κ1) is 19.2. The number of hydrogen-bond donors (Lipinski definition) is 1. The summed E-state index contributed by atoms with van der Waals surface area (Å²) in [6, 6.07) is 5.31. The lowest BCUT2D eigenvalue weighted by atomic mass is 10.1. The number of allylic oxidation sites excluding steroid dienone is 1. The fourth-order valence-electron chi connectivity index (χ4n) is 3.31. The van der Waals surface area contributed by atoms with Gasteiger partial charge in [0.05, 0.1) is 25.0 Å². The molecular weight excluding hydrogens is 386 g/mol. The first-order valence-electron chi connectivity index (χ1n) is 8.96. The van der Waals surface area contributed by atoms with Gasteiger partial charge < -0.3 is 29.2 Å². The molecule has 0 saturated carbocycles. The molecule has 0 aliphatic carbocycles. The molecule has 0 aromatic heterocycles. The highest BCUT2D eigenvalue weighted by Crippen LogP contribution is 2.35. The summed E-state index contributed by atoms with van der Waals surface area (Å²) < 4.78 is 38.4. The number of hydrogen-bond acceptors (Lipinski definition) is 8. The van der Waals surface area contributed by atoms with Crippen LogP contribution in [0, 0.1) is 0 Å². The lowest BCUT2D eigenvalue weighted by molar-refractivity contribution is -0.232. The Morgan fingerprint density at radius 2 is 2.24 bits per heavy atom. The fourth-order valence-corrected chi connectivity index (χ4v) is 3.31. The monoisotopic (exact) mass is 406 g/mol. The van der Waals surface area contributed by atoms with Gasteiger partial charge in [-0.15, -0.1) is 0 Å². The van der Waals surface area contributed by atoms with Gasteiger partial charge in [0.15, 0.2) is 5.76 Å². The second-order valence-electron chi connectivity index (χ2n) is 6.70. The Morgan fingerprint density at radius 1 is 1.41 bits per heavy atom. The zero-order valence-electron chi connectivity index (χ0n) is 15.9. The van der Waals surface area contributed by atoms with Crippen molar-refractivity contribution in [2.24, 2.45) is 10.1 Å². The molecule has 10 heteroatoms. The number of aliphatic imine (C=N–C) groups is 1. The number of halogens is 2. The molecule has 0 amide bonds. The minimum atomic E-state index is -3.44. The van der Waals surface area contributed by atoms with Crippen LogP contribution in [0.15, 0.2) is 46.0 Å². The van der Waals surface area contributed by atoms with E-state index in [1.54, 1.807) is 18.3 Å². The van der Waals surface area contributed by atoms with Gasteiger partial charge in [-0.1, -0.05) is 11.2 Å². The van der Waals surface area contributed by atoms with Crippen LogP contribution in [0.1, 0.15) is 12.5 Å². The second kappa shape index (κ2) is 7.36. The number of aliphatic hydroxyl groups is 1. The summed E-state index contributed by atoms with van der Waals surface area (Å²) in [4.78, 5) is 12.4. The number of ether oxygens (including phenoxy) is 2. The predicted molar refractivity (Wildman–Crippen MR) is 103 cm³/mol. The third-order valence-corrected chi connectivity index (χ3v) is 4.60. The number of fused-ring (bicyclic) bond motifs is 1. The summed E-state index contributed by atoms with van der Waals surface area (Å²) in [5.41, 5.74) is 2.26. The zero-order chi connectivity index (χ0) is 20.6. The third kappa shape index (κ3) is 3.75. The Bertz CT molecular complexity index is 929. The maximum absolute atomic E-state index is 14.0. The number of anilines is 1. The van der Waals surface area contributed by atoms with Gasteiger partial charge in [-0.2, -0.15) is 8.78 Å². The van der Waals surface area contributed by atoms with Crippen molar-refractivity contribution in [1.29, 1.82) is 0 Å².